The maximum atomic E-state index is 14.7. The Labute approximate surface area is 230 Å². The third-order valence-corrected chi connectivity index (χ3v) is 8.69. The highest BCUT2D eigenvalue weighted by Gasteiger charge is 2.75. The van der Waals surface area contributed by atoms with E-state index in [4.69, 9.17) is 9.47 Å². The number of carbonyl (C=O) groups is 3. The quantitative estimate of drug-likeness (QED) is 0.457. The SMILES string of the molecule is Cc1ccc(C)c(N2CC=C[C@]34O[C@@]5(C)/C=C\CCCOC(=O)[C@H]5[C@H]3C(=O)N([C@@H](CO)CC(C)C)C4C2=O)c1. The summed E-state index contributed by atoms with van der Waals surface area (Å²) in [7, 11) is 0. The zero-order valence-electron chi connectivity index (χ0n) is 23.6. The Morgan fingerprint density at radius 2 is 1.85 bits per heavy atom. The molecule has 39 heavy (non-hydrogen) atoms. The van der Waals surface area contributed by atoms with Crippen LogP contribution in [0.3, 0.4) is 0 Å². The predicted molar refractivity (Wildman–Crippen MR) is 147 cm³/mol. The molecule has 0 saturated carbocycles. The lowest BCUT2D eigenvalue weighted by atomic mass is 9.74. The number of allylic oxidation sites excluding steroid dienone is 1. The molecule has 0 bridgehead atoms. The first-order chi connectivity index (χ1) is 18.5. The molecule has 0 aliphatic carbocycles. The molecule has 5 rings (SSSR count). The van der Waals surface area contributed by atoms with Gasteiger partial charge in [0, 0.05) is 12.2 Å². The van der Waals surface area contributed by atoms with Crippen LogP contribution < -0.4 is 4.90 Å². The minimum absolute atomic E-state index is 0.168. The van der Waals surface area contributed by atoms with Crippen LogP contribution >= 0.6 is 0 Å². The van der Waals surface area contributed by atoms with Crippen molar-refractivity contribution in [1.82, 2.24) is 4.90 Å². The van der Waals surface area contributed by atoms with E-state index in [0.717, 1.165) is 23.2 Å². The highest BCUT2D eigenvalue weighted by molar-refractivity contribution is 6.06. The minimum atomic E-state index is -1.38. The summed E-state index contributed by atoms with van der Waals surface area (Å²) in [6.45, 7) is 10.1. The number of ether oxygens (including phenoxy) is 2. The summed E-state index contributed by atoms with van der Waals surface area (Å²) < 4.78 is 12.5. The van der Waals surface area contributed by atoms with Gasteiger partial charge in [-0.2, -0.15) is 0 Å². The standard InChI is InChI=1S/C31H40N2O6/c1-19(2)16-22(18-34)33-26-28(36)32(23-17-20(3)10-11-21(23)4)14-9-13-31(26)24(27(33)35)25-29(37)38-15-8-6-7-12-30(25,5)39-31/h7,9-13,17,19,22,24-26,34H,6,8,14-16,18H2,1-5H3/b12-7-/t22-,24+,25-,26?,30+,31+/m1/s1. The fraction of sp³-hybridized carbons (Fsp3) is 0.581. The molecule has 4 aliphatic rings. The number of anilines is 1. The lowest BCUT2D eigenvalue weighted by molar-refractivity contribution is -0.159. The van der Waals surface area contributed by atoms with E-state index in [1.165, 1.54) is 4.90 Å². The van der Waals surface area contributed by atoms with E-state index < -0.39 is 41.1 Å². The number of aryl methyl sites for hydroxylation is 2. The normalized spacial score (nSPS) is 34.0. The Morgan fingerprint density at radius 3 is 2.56 bits per heavy atom. The molecule has 1 N–H and O–H groups in total. The average Bonchev–Trinajstić information content (AvgIpc) is 3.23. The summed E-state index contributed by atoms with van der Waals surface area (Å²) in [4.78, 5) is 45.9. The molecule has 8 heteroatoms. The molecule has 4 aliphatic heterocycles. The van der Waals surface area contributed by atoms with Gasteiger partial charge >= 0.3 is 5.97 Å². The number of carbonyl (C=O) groups excluding carboxylic acids is 3. The van der Waals surface area contributed by atoms with E-state index in [1.54, 1.807) is 4.90 Å². The maximum absolute atomic E-state index is 14.7. The molecule has 2 amide bonds. The van der Waals surface area contributed by atoms with Crippen molar-refractivity contribution in [1.29, 1.82) is 0 Å². The van der Waals surface area contributed by atoms with Gasteiger partial charge in [0.25, 0.3) is 5.91 Å². The maximum Gasteiger partial charge on any atom is 0.313 e. The summed E-state index contributed by atoms with van der Waals surface area (Å²) in [5, 5.41) is 10.5. The summed E-state index contributed by atoms with van der Waals surface area (Å²) in [6, 6.07) is 4.32. The highest BCUT2D eigenvalue weighted by Crippen LogP contribution is 2.57. The minimum Gasteiger partial charge on any atom is -0.465 e. The van der Waals surface area contributed by atoms with Crippen LogP contribution in [-0.4, -0.2) is 70.8 Å². The molecule has 1 spiro atoms. The third-order valence-electron chi connectivity index (χ3n) is 8.69. The molecule has 0 aromatic heterocycles. The van der Waals surface area contributed by atoms with E-state index in [-0.39, 0.29) is 30.9 Å². The topological polar surface area (TPSA) is 96.4 Å². The first kappa shape index (κ1) is 27.6. The molecule has 2 fully saturated rings. The van der Waals surface area contributed by atoms with Crippen molar-refractivity contribution in [2.24, 2.45) is 17.8 Å². The fourth-order valence-electron chi connectivity index (χ4n) is 7.01. The van der Waals surface area contributed by atoms with Crippen molar-refractivity contribution in [2.75, 3.05) is 24.7 Å². The first-order valence-corrected chi connectivity index (χ1v) is 14.1. The smallest absolute Gasteiger partial charge is 0.313 e. The van der Waals surface area contributed by atoms with Crippen LogP contribution in [0.25, 0.3) is 0 Å². The van der Waals surface area contributed by atoms with Crippen LogP contribution in [0.5, 0.6) is 0 Å². The number of nitrogens with zero attached hydrogens (tertiary/aromatic N) is 2. The number of likely N-dealkylation sites (tertiary alicyclic amines) is 1. The van der Waals surface area contributed by atoms with Crippen LogP contribution in [0, 0.1) is 31.6 Å². The monoisotopic (exact) mass is 536 g/mol. The summed E-state index contributed by atoms with van der Waals surface area (Å²) in [5.41, 5.74) is 0.220. The lowest BCUT2D eigenvalue weighted by Gasteiger charge is -2.40. The van der Waals surface area contributed by atoms with Crippen molar-refractivity contribution < 1.29 is 29.0 Å². The van der Waals surface area contributed by atoms with E-state index >= 15 is 0 Å². The second-order valence-electron chi connectivity index (χ2n) is 12.1. The van der Waals surface area contributed by atoms with E-state index in [2.05, 4.69) is 0 Å². The molecular formula is C31H40N2O6. The third kappa shape index (κ3) is 4.42. The Hall–Kier alpha value is -2.97. The van der Waals surface area contributed by atoms with Crippen LogP contribution in [0.15, 0.2) is 42.5 Å². The van der Waals surface area contributed by atoms with Gasteiger partial charge in [0.1, 0.15) is 17.6 Å². The molecular weight excluding hydrogens is 496 g/mol. The van der Waals surface area contributed by atoms with Gasteiger partial charge in [-0.1, -0.05) is 50.3 Å². The number of aliphatic hydroxyl groups is 1. The van der Waals surface area contributed by atoms with Crippen molar-refractivity contribution in [3.8, 4) is 0 Å². The van der Waals surface area contributed by atoms with Crippen molar-refractivity contribution >= 4 is 23.5 Å². The number of cyclic esters (lactones) is 1. The first-order valence-electron chi connectivity index (χ1n) is 14.1. The number of fused-ring (bicyclic) bond motifs is 2. The number of aliphatic hydroxyl groups excluding tert-OH is 1. The Bertz CT molecular complexity index is 1220. The molecule has 1 aromatic carbocycles. The van der Waals surface area contributed by atoms with Crippen LogP contribution in [-0.2, 0) is 23.9 Å². The number of benzene rings is 1. The molecule has 0 radical (unpaired) electrons. The predicted octanol–water partition coefficient (Wildman–Crippen LogP) is 3.48. The largest absolute Gasteiger partial charge is 0.465 e. The van der Waals surface area contributed by atoms with Crippen molar-refractivity contribution in [3.63, 3.8) is 0 Å². The molecule has 1 aromatic rings. The highest BCUT2D eigenvalue weighted by atomic mass is 16.6. The van der Waals surface area contributed by atoms with Crippen molar-refractivity contribution in [3.05, 3.63) is 53.6 Å². The molecule has 4 heterocycles. The zero-order chi connectivity index (χ0) is 28.1. The Kier molecular flexibility index (Phi) is 7.22. The number of amides is 2. The fourth-order valence-corrected chi connectivity index (χ4v) is 7.01. The van der Waals surface area contributed by atoms with Gasteiger partial charge in [-0.05, 0) is 63.1 Å². The van der Waals surface area contributed by atoms with Gasteiger partial charge < -0.3 is 24.4 Å². The van der Waals surface area contributed by atoms with E-state index in [9.17, 15) is 19.5 Å². The molecule has 210 valence electrons. The van der Waals surface area contributed by atoms with Gasteiger partial charge in [0.2, 0.25) is 5.91 Å². The number of hydrogen-bond donors (Lipinski definition) is 1. The lowest BCUT2D eigenvalue weighted by Crippen LogP contribution is -2.59. The average molecular weight is 537 g/mol. The van der Waals surface area contributed by atoms with Gasteiger partial charge in [0.05, 0.1) is 30.8 Å². The van der Waals surface area contributed by atoms with E-state index in [0.29, 0.717) is 19.4 Å². The van der Waals surface area contributed by atoms with Crippen molar-refractivity contribution in [2.45, 2.75) is 77.2 Å². The second-order valence-corrected chi connectivity index (χ2v) is 12.1. The number of hydrogen-bond acceptors (Lipinski definition) is 6. The Morgan fingerprint density at radius 1 is 1.08 bits per heavy atom. The van der Waals surface area contributed by atoms with Crippen LogP contribution in [0.1, 0.15) is 51.2 Å². The zero-order valence-corrected chi connectivity index (χ0v) is 23.6. The van der Waals surface area contributed by atoms with Gasteiger partial charge in [-0.3, -0.25) is 14.4 Å². The molecule has 2 saturated heterocycles. The van der Waals surface area contributed by atoms with Gasteiger partial charge in [-0.15, -0.1) is 0 Å². The summed E-state index contributed by atoms with van der Waals surface area (Å²) in [6.07, 6.45) is 9.47. The Balaban J connectivity index is 1.69. The number of esters is 1. The van der Waals surface area contributed by atoms with Gasteiger partial charge in [-0.25, -0.2) is 0 Å². The second kappa shape index (κ2) is 10.2. The van der Waals surface area contributed by atoms with Crippen LogP contribution in [0.4, 0.5) is 5.69 Å². The number of rotatable bonds is 5. The van der Waals surface area contributed by atoms with E-state index in [1.807, 2.05) is 77.1 Å². The molecule has 8 nitrogen and oxygen atoms in total. The summed E-state index contributed by atoms with van der Waals surface area (Å²) >= 11 is 0. The molecule has 6 atom stereocenters. The van der Waals surface area contributed by atoms with Gasteiger partial charge in [0.15, 0.2) is 0 Å². The summed E-state index contributed by atoms with van der Waals surface area (Å²) in [5.74, 6) is -2.82. The molecule has 1 unspecified atom stereocenters. The van der Waals surface area contributed by atoms with Crippen LogP contribution in [0.2, 0.25) is 0 Å².